The molecule has 6 rings (SSSR count). The van der Waals surface area contributed by atoms with Crippen LogP contribution in [0, 0.1) is 0 Å². The second-order valence-electron chi connectivity index (χ2n) is 10.5. The first-order chi connectivity index (χ1) is 19.8. The Bertz CT molecular complexity index is 1170. The Hall–Kier alpha value is -4.60. The predicted molar refractivity (Wildman–Crippen MR) is 147 cm³/mol. The van der Waals surface area contributed by atoms with Crippen LogP contribution in [0.1, 0.15) is 89.5 Å². The van der Waals surface area contributed by atoms with Gasteiger partial charge in [0.1, 0.15) is 31.6 Å². The molecule has 0 aromatic carbocycles. The summed E-state index contributed by atoms with van der Waals surface area (Å²) >= 11 is 0. The highest BCUT2D eigenvalue weighted by atomic mass is 14.8. The lowest BCUT2D eigenvalue weighted by Crippen LogP contribution is -2.20. The number of nitrogens with zero attached hydrogens (tertiary/aromatic N) is 10. The van der Waals surface area contributed by atoms with E-state index in [2.05, 4.69) is 49.8 Å². The minimum absolute atomic E-state index is 0.204. The van der Waals surface area contributed by atoms with Crippen LogP contribution in [0.2, 0.25) is 0 Å². The Morgan fingerprint density at radius 3 is 0.575 bits per heavy atom. The fourth-order valence-corrected chi connectivity index (χ4v) is 6.17. The first-order valence-electron chi connectivity index (χ1n) is 13.6. The number of aromatic nitrogens is 10. The van der Waals surface area contributed by atoms with Gasteiger partial charge in [-0.25, -0.2) is 49.8 Å². The second kappa shape index (κ2) is 12.5. The van der Waals surface area contributed by atoms with Gasteiger partial charge in [0.2, 0.25) is 0 Å². The van der Waals surface area contributed by atoms with E-state index in [4.69, 9.17) is 0 Å². The summed E-state index contributed by atoms with van der Waals surface area (Å²) in [6.07, 6.45) is 32.0. The van der Waals surface area contributed by atoms with Crippen LogP contribution in [0.4, 0.5) is 0 Å². The molecule has 1 aliphatic rings. The zero-order valence-electron chi connectivity index (χ0n) is 22.1. The van der Waals surface area contributed by atoms with Gasteiger partial charge in [0, 0.05) is 62.0 Å². The summed E-state index contributed by atoms with van der Waals surface area (Å²) in [6.45, 7) is 0. The molecule has 0 spiro atoms. The summed E-state index contributed by atoms with van der Waals surface area (Å²) in [5, 5.41) is 0. The molecule has 1 aliphatic carbocycles. The molecule has 5 aromatic heterocycles. The normalized spacial score (nSPS) is 23.8. The van der Waals surface area contributed by atoms with Gasteiger partial charge in [-0.1, -0.05) is 0 Å². The molecule has 1 saturated carbocycles. The summed E-state index contributed by atoms with van der Waals surface area (Å²) in [7, 11) is 0. The van der Waals surface area contributed by atoms with E-state index in [9.17, 15) is 0 Å². The maximum absolute atomic E-state index is 4.38. The minimum Gasteiger partial charge on any atom is -0.245 e. The first kappa shape index (κ1) is 25.7. The van der Waals surface area contributed by atoms with E-state index in [0.717, 1.165) is 59.9 Å². The van der Waals surface area contributed by atoms with E-state index in [1.807, 2.05) is 62.0 Å². The fraction of sp³-hybridized carbons (Fsp3) is 0.333. The maximum Gasteiger partial charge on any atom is 0.115 e. The van der Waals surface area contributed by atoms with E-state index < -0.39 is 0 Å². The van der Waals surface area contributed by atoms with Crippen molar-refractivity contribution in [3.05, 3.63) is 121 Å². The van der Waals surface area contributed by atoms with E-state index in [-0.39, 0.29) is 29.6 Å². The molecule has 0 unspecified atom stereocenters. The molecule has 0 radical (unpaired) electrons. The molecular formula is C30H30N10. The molecule has 200 valence electrons. The number of rotatable bonds is 5. The topological polar surface area (TPSA) is 129 Å². The molecule has 0 amide bonds. The van der Waals surface area contributed by atoms with Crippen LogP contribution in [0.15, 0.2) is 93.6 Å². The molecule has 10 nitrogen and oxygen atoms in total. The molecule has 1 fully saturated rings. The average molecular weight is 531 g/mol. The van der Waals surface area contributed by atoms with Crippen molar-refractivity contribution in [1.29, 1.82) is 0 Å². The van der Waals surface area contributed by atoms with Crippen molar-refractivity contribution >= 4 is 0 Å². The van der Waals surface area contributed by atoms with Gasteiger partial charge < -0.3 is 0 Å². The third-order valence-corrected chi connectivity index (χ3v) is 8.10. The molecular weight excluding hydrogens is 500 g/mol. The number of hydrogen-bond acceptors (Lipinski definition) is 10. The highest BCUT2D eigenvalue weighted by Gasteiger charge is 2.33. The zero-order valence-corrected chi connectivity index (χ0v) is 22.1. The standard InChI is InChI=1S/C30H30N10/c1-21(26-6-31-16-32-7-26)2-23(28-10-35-18-36-11-28)4-25(30-14-39-20-40-15-30)5-24(29-12-37-19-38-13-29)3-22(1)27-8-33-17-34-9-27/h6-25H,1-5H2. The van der Waals surface area contributed by atoms with Crippen LogP contribution in [-0.2, 0) is 0 Å². The molecule has 0 N–H and O–H groups in total. The van der Waals surface area contributed by atoms with Crippen molar-refractivity contribution in [3.8, 4) is 0 Å². The quantitative estimate of drug-likeness (QED) is 0.312. The molecule has 10 heteroatoms. The van der Waals surface area contributed by atoms with Gasteiger partial charge in [-0.2, -0.15) is 0 Å². The molecule has 0 bridgehead atoms. The predicted octanol–water partition coefficient (Wildman–Crippen LogP) is 4.82. The Balaban J connectivity index is 1.48. The molecule has 0 aliphatic heterocycles. The van der Waals surface area contributed by atoms with Gasteiger partial charge in [0.25, 0.3) is 0 Å². The SMILES string of the molecule is c1ncc(C2CC(c3cncnc3)CC(c3cncnc3)CC(c3cncnc3)CC(c3cncnc3)C2)cn1. The van der Waals surface area contributed by atoms with Gasteiger partial charge in [-0.15, -0.1) is 0 Å². The summed E-state index contributed by atoms with van der Waals surface area (Å²) in [5.74, 6) is 1.02. The van der Waals surface area contributed by atoms with Crippen molar-refractivity contribution < 1.29 is 0 Å². The third-order valence-electron chi connectivity index (χ3n) is 8.10. The van der Waals surface area contributed by atoms with Crippen molar-refractivity contribution in [3.63, 3.8) is 0 Å². The van der Waals surface area contributed by atoms with Gasteiger partial charge in [0.15, 0.2) is 0 Å². The highest BCUT2D eigenvalue weighted by Crippen LogP contribution is 2.48. The van der Waals surface area contributed by atoms with Crippen LogP contribution in [0.5, 0.6) is 0 Å². The average Bonchev–Trinajstić information content (AvgIpc) is 3.04. The van der Waals surface area contributed by atoms with Crippen LogP contribution in [-0.4, -0.2) is 49.8 Å². The van der Waals surface area contributed by atoms with Gasteiger partial charge in [0.05, 0.1) is 0 Å². The van der Waals surface area contributed by atoms with E-state index in [1.54, 1.807) is 31.6 Å². The third kappa shape index (κ3) is 6.17. The van der Waals surface area contributed by atoms with Crippen LogP contribution >= 0.6 is 0 Å². The lowest BCUT2D eigenvalue weighted by molar-refractivity contribution is 0.348. The molecule has 5 aromatic rings. The van der Waals surface area contributed by atoms with Crippen LogP contribution in [0.3, 0.4) is 0 Å². The smallest absolute Gasteiger partial charge is 0.115 e. The first-order valence-corrected chi connectivity index (χ1v) is 13.6. The van der Waals surface area contributed by atoms with Gasteiger partial charge >= 0.3 is 0 Å². The van der Waals surface area contributed by atoms with Gasteiger partial charge in [-0.3, -0.25) is 0 Å². The Labute approximate surface area is 232 Å². The van der Waals surface area contributed by atoms with E-state index in [1.165, 1.54) is 0 Å². The molecule has 5 heterocycles. The Morgan fingerprint density at radius 1 is 0.275 bits per heavy atom. The monoisotopic (exact) mass is 530 g/mol. The maximum atomic E-state index is 4.38. The minimum atomic E-state index is 0.204. The fourth-order valence-electron chi connectivity index (χ4n) is 6.17. The number of hydrogen-bond donors (Lipinski definition) is 0. The Morgan fingerprint density at radius 2 is 0.425 bits per heavy atom. The van der Waals surface area contributed by atoms with E-state index in [0.29, 0.717) is 0 Å². The molecule has 0 atom stereocenters. The largest absolute Gasteiger partial charge is 0.245 e. The second-order valence-corrected chi connectivity index (χ2v) is 10.5. The highest BCUT2D eigenvalue weighted by molar-refractivity contribution is 5.24. The van der Waals surface area contributed by atoms with Crippen LogP contribution < -0.4 is 0 Å². The van der Waals surface area contributed by atoms with Crippen molar-refractivity contribution in [2.24, 2.45) is 0 Å². The van der Waals surface area contributed by atoms with Crippen LogP contribution in [0.25, 0.3) is 0 Å². The summed E-state index contributed by atoms with van der Waals surface area (Å²) in [4.78, 5) is 43.8. The van der Waals surface area contributed by atoms with E-state index >= 15 is 0 Å². The van der Waals surface area contributed by atoms with Crippen molar-refractivity contribution in [1.82, 2.24) is 49.8 Å². The van der Waals surface area contributed by atoms with Crippen molar-refractivity contribution in [2.45, 2.75) is 61.7 Å². The summed E-state index contributed by atoms with van der Waals surface area (Å²) < 4.78 is 0. The molecule has 0 saturated heterocycles. The van der Waals surface area contributed by atoms with Crippen molar-refractivity contribution in [2.75, 3.05) is 0 Å². The zero-order chi connectivity index (χ0) is 27.0. The Kier molecular flexibility index (Phi) is 8.02. The lowest BCUT2D eigenvalue weighted by atomic mass is 9.70. The van der Waals surface area contributed by atoms with Gasteiger partial charge in [-0.05, 0) is 89.5 Å². The summed E-state index contributed by atoms with van der Waals surface area (Å²) in [6, 6.07) is 0. The summed E-state index contributed by atoms with van der Waals surface area (Å²) in [5.41, 5.74) is 5.65. The molecule has 40 heavy (non-hydrogen) atoms. The lowest BCUT2D eigenvalue weighted by Gasteiger charge is -2.35.